The monoisotopic (exact) mass is 417 g/mol. The van der Waals surface area contributed by atoms with Crippen LogP contribution < -0.4 is 5.32 Å². The Labute approximate surface area is 177 Å². The molecule has 1 aromatic rings. The van der Waals surface area contributed by atoms with E-state index in [0.29, 0.717) is 6.54 Å². The summed E-state index contributed by atoms with van der Waals surface area (Å²) in [7, 11) is 0. The number of nitrogens with zero attached hydrogens (tertiary/aromatic N) is 2. The Morgan fingerprint density at radius 2 is 1.77 bits per heavy atom. The van der Waals surface area contributed by atoms with Gasteiger partial charge in [0.05, 0.1) is 6.54 Å². The van der Waals surface area contributed by atoms with E-state index in [1.165, 1.54) is 11.8 Å². The Morgan fingerprint density at radius 3 is 2.27 bits per heavy atom. The van der Waals surface area contributed by atoms with Crippen molar-refractivity contribution >= 4 is 23.8 Å². The Morgan fingerprint density at radius 1 is 1.17 bits per heavy atom. The molecule has 0 bridgehead atoms. The van der Waals surface area contributed by atoms with E-state index in [-0.39, 0.29) is 18.2 Å². The van der Waals surface area contributed by atoms with Crippen molar-refractivity contribution in [3.63, 3.8) is 0 Å². The summed E-state index contributed by atoms with van der Waals surface area (Å²) in [6.45, 7) is 10.4. The lowest BCUT2D eigenvalue weighted by atomic mass is 10.0. The number of carbonyl (C=O) groups excluding carboxylic acids is 4. The Balaban J connectivity index is 2.23. The maximum absolute atomic E-state index is 13.3. The number of imide groups is 1. The molecule has 1 saturated heterocycles. The average Bonchev–Trinajstić information content (AvgIpc) is 2.95. The lowest BCUT2D eigenvalue weighted by Crippen LogP contribution is -2.55. The highest BCUT2D eigenvalue weighted by atomic mass is 16.6. The van der Waals surface area contributed by atoms with E-state index in [1.54, 1.807) is 34.6 Å². The second-order valence-corrected chi connectivity index (χ2v) is 8.85. The van der Waals surface area contributed by atoms with Crippen LogP contribution in [0.25, 0.3) is 0 Å². The minimum atomic E-state index is -0.998. The molecule has 8 heteroatoms. The molecule has 164 valence electrons. The normalized spacial score (nSPS) is 17.8. The third-order valence-corrected chi connectivity index (χ3v) is 4.71. The number of amides is 4. The van der Waals surface area contributed by atoms with Crippen LogP contribution in [0, 0.1) is 5.92 Å². The number of urea groups is 1. The molecule has 1 N–H and O–H groups in total. The number of hydrogen-bond acceptors (Lipinski definition) is 5. The first-order valence-corrected chi connectivity index (χ1v) is 10.1. The lowest BCUT2D eigenvalue weighted by molar-refractivity contribution is -0.136. The van der Waals surface area contributed by atoms with E-state index >= 15 is 0 Å². The second-order valence-electron chi connectivity index (χ2n) is 8.85. The molecule has 1 aromatic carbocycles. The van der Waals surface area contributed by atoms with Crippen molar-refractivity contribution in [2.24, 2.45) is 5.92 Å². The predicted octanol–water partition coefficient (Wildman–Crippen LogP) is 2.96. The number of ether oxygens (including phenoxy) is 1. The van der Waals surface area contributed by atoms with E-state index < -0.39 is 35.7 Å². The summed E-state index contributed by atoms with van der Waals surface area (Å²) >= 11 is 0. The topological polar surface area (TPSA) is 96.0 Å². The SMILES string of the molecule is CC(=O)C1CN(Cc2ccccc2)C(=O)N1C(=O)C(NC(=O)OC(C)(C)C)C(C)C. The fraction of sp³-hybridized carbons (Fsp3) is 0.545. The van der Waals surface area contributed by atoms with Gasteiger partial charge in [0.1, 0.15) is 17.7 Å². The van der Waals surface area contributed by atoms with Gasteiger partial charge in [-0.25, -0.2) is 14.5 Å². The molecule has 0 saturated carbocycles. The molecule has 0 aromatic heterocycles. The first-order valence-electron chi connectivity index (χ1n) is 10.1. The molecule has 8 nitrogen and oxygen atoms in total. The maximum Gasteiger partial charge on any atom is 0.408 e. The smallest absolute Gasteiger partial charge is 0.408 e. The van der Waals surface area contributed by atoms with E-state index in [4.69, 9.17) is 4.74 Å². The number of benzene rings is 1. The van der Waals surface area contributed by atoms with Gasteiger partial charge in [0.2, 0.25) is 0 Å². The second kappa shape index (κ2) is 9.28. The third kappa shape index (κ3) is 5.81. The van der Waals surface area contributed by atoms with Crippen molar-refractivity contribution in [1.29, 1.82) is 0 Å². The van der Waals surface area contributed by atoms with Crippen LogP contribution in [0.5, 0.6) is 0 Å². The standard InChI is InChI=1S/C22H31N3O5/c1-14(2)18(23-20(28)30-22(4,5)6)19(27)25-17(15(3)26)13-24(21(25)29)12-16-10-8-7-9-11-16/h7-11,14,17-18H,12-13H2,1-6H3,(H,23,28). The predicted molar refractivity (Wildman–Crippen MR) is 112 cm³/mol. The van der Waals surface area contributed by atoms with E-state index in [1.807, 2.05) is 30.3 Å². The minimum Gasteiger partial charge on any atom is -0.444 e. The molecule has 2 rings (SSSR count). The van der Waals surface area contributed by atoms with Crippen molar-refractivity contribution in [3.05, 3.63) is 35.9 Å². The van der Waals surface area contributed by atoms with Crippen LogP contribution in [0.2, 0.25) is 0 Å². The molecular formula is C22H31N3O5. The third-order valence-electron chi connectivity index (χ3n) is 4.71. The fourth-order valence-corrected chi connectivity index (χ4v) is 3.25. The Bertz CT molecular complexity index is 801. The van der Waals surface area contributed by atoms with Crippen LogP contribution in [0.4, 0.5) is 9.59 Å². The molecule has 1 fully saturated rings. The number of rotatable bonds is 6. The Kier molecular flexibility index (Phi) is 7.23. The van der Waals surface area contributed by atoms with Gasteiger partial charge in [0.25, 0.3) is 5.91 Å². The largest absolute Gasteiger partial charge is 0.444 e. The molecule has 0 radical (unpaired) electrons. The molecule has 1 aliphatic rings. The van der Waals surface area contributed by atoms with Gasteiger partial charge in [-0.1, -0.05) is 44.2 Å². The number of ketones is 1. The van der Waals surface area contributed by atoms with Gasteiger partial charge in [0, 0.05) is 6.54 Å². The van der Waals surface area contributed by atoms with E-state index in [9.17, 15) is 19.2 Å². The zero-order valence-electron chi connectivity index (χ0n) is 18.5. The van der Waals surface area contributed by atoms with Crippen LogP contribution in [0.3, 0.4) is 0 Å². The lowest BCUT2D eigenvalue weighted by Gasteiger charge is -2.29. The van der Waals surface area contributed by atoms with Crippen molar-refractivity contribution in [2.45, 2.75) is 65.8 Å². The van der Waals surface area contributed by atoms with Crippen molar-refractivity contribution in [3.8, 4) is 0 Å². The highest BCUT2D eigenvalue weighted by Gasteiger charge is 2.46. The summed E-state index contributed by atoms with van der Waals surface area (Å²) in [6.07, 6.45) is -0.748. The molecular weight excluding hydrogens is 386 g/mol. The van der Waals surface area contributed by atoms with Crippen LogP contribution >= 0.6 is 0 Å². The van der Waals surface area contributed by atoms with Gasteiger partial charge in [-0.3, -0.25) is 9.59 Å². The van der Waals surface area contributed by atoms with Gasteiger partial charge in [-0.2, -0.15) is 0 Å². The first-order chi connectivity index (χ1) is 13.9. The molecule has 0 aliphatic carbocycles. The van der Waals surface area contributed by atoms with Gasteiger partial charge in [-0.05, 0) is 39.2 Å². The summed E-state index contributed by atoms with van der Waals surface area (Å²) in [5, 5.41) is 2.56. The molecule has 2 unspecified atom stereocenters. The molecule has 2 atom stereocenters. The van der Waals surface area contributed by atoms with Gasteiger partial charge >= 0.3 is 12.1 Å². The van der Waals surface area contributed by atoms with Crippen molar-refractivity contribution < 1.29 is 23.9 Å². The van der Waals surface area contributed by atoms with Crippen molar-refractivity contribution in [1.82, 2.24) is 15.1 Å². The van der Waals surface area contributed by atoms with Crippen LogP contribution in [-0.4, -0.2) is 57.8 Å². The summed E-state index contributed by atoms with van der Waals surface area (Å²) < 4.78 is 5.25. The summed E-state index contributed by atoms with van der Waals surface area (Å²) in [5.74, 6) is -1.21. The van der Waals surface area contributed by atoms with Crippen LogP contribution in [0.1, 0.15) is 47.1 Å². The zero-order valence-corrected chi connectivity index (χ0v) is 18.5. The Hall–Kier alpha value is -2.90. The van der Waals surface area contributed by atoms with Gasteiger partial charge in [-0.15, -0.1) is 0 Å². The average molecular weight is 418 g/mol. The molecule has 1 aliphatic heterocycles. The molecule has 1 heterocycles. The summed E-state index contributed by atoms with van der Waals surface area (Å²) in [5.41, 5.74) is 0.168. The number of hydrogen-bond donors (Lipinski definition) is 1. The number of carbonyl (C=O) groups is 4. The van der Waals surface area contributed by atoms with E-state index in [2.05, 4.69) is 5.32 Å². The van der Waals surface area contributed by atoms with Crippen molar-refractivity contribution in [2.75, 3.05) is 6.54 Å². The number of alkyl carbamates (subject to hydrolysis) is 1. The minimum absolute atomic E-state index is 0.117. The summed E-state index contributed by atoms with van der Waals surface area (Å²) in [4.78, 5) is 53.2. The maximum atomic E-state index is 13.3. The first kappa shape index (κ1) is 23.4. The fourth-order valence-electron chi connectivity index (χ4n) is 3.25. The molecule has 4 amide bonds. The number of Topliss-reactive ketones (excluding diaryl/α,β-unsaturated/α-hetero) is 1. The highest BCUT2D eigenvalue weighted by Crippen LogP contribution is 2.22. The highest BCUT2D eigenvalue weighted by molar-refractivity contribution is 6.04. The number of nitrogens with one attached hydrogen (secondary N) is 1. The van der Waals surface area contributed by atoms with E-state index in [0.717, 1.165) is 10.5 Å². The van der Waals surface area contributed by atoms with Gasteiger partial charge in [0.15, 0.2) is 5.78 Å². The summed E-state index contributed by atoms with van der Waals surface area (Å²) in [6, 6.07) is 6.92. The molecule has 30 heavy (non-hydrogen) atoms. The van der Waals surface area contributed by atoms with Gasteiger partial charge < -0.3 is 15.0 Å². The van der Waals surface area contributed by atoms with Crippen LogP contribution in [-0.2, 0) is 20.9 Å². The zero-order chi connectivity index (χ0) is 22.6. The molecule has 0 spiro atoms. The quantitative estimate of drug-likeness (QED) is 0.768. The van der Waals surface area contributed by atoms with Crippen LogP contribution in [0.15, 0.2) is 30.3 Å².